The number of piperazine rings is 1. The number of nitrogens with zero attached hydrogens (tertiary/aromatic N) is 3. The predicted octanol–water partition coefficient (Wildman–Crippen LogP) is 0.968. The SMILES string of the molecule is Cc1cc2ccccc2n1CCC(=O)N1CCN(C)C[C@H]1C(N)=O. The summed E-state index contributed by atoms with van der Waals surface area (Å²) in [6, 6.07) is 9.75. The van der Waals surface area contributed by atoms with Crippen molar-refractivity contribution in [1.29, 1.82) is 0 Å². The second-order valence-electron chi connectivity index (χ2n) is 6.51. The van der Waals surface area contributed by atoms with Gasteiger partial charge in [-0.1, -0.05) is 18.2 Å². The topological polar surface area (TPSA) is 71.6 Å². The molecule has 0 bridgehead atoms. The van der Waals surface area contributed by atoms with Gasteiger partial charge in [0, 0.05) is 43.8 Å². The number of likely N-dealkylation sites (N-methyl/N-ethyl adjacent to an activating group) is 1. The van der Waals surface area contributed by atoms with Crippen molar-refractivity contribution in [2.75, 3.05) is 26.7 Å². The number of carbonyl (C=O) groups is 2. The van der Waals surface area contributed by atoms with Gasteiger partial charge in [0.15, 0.2) is 0 Å². The van der Waals surface area contributed by atoms with E-state index in [4.69, 9.17) is 5.73 Å². The van der Waals surface area contributed by atoms with Crippen LogP contribution in [0.3, 0.4) is 0 Å². The first-order valence-electron chi connectivity index (χ1n) is 8.29. The fourth-order valence-corrected chi connectivity index (χ4v) is 3.46. The van der Waals surface area contributed by atoms with Crippen molar-refractivity contribution in [3.8, 4) is 0 Å². The number of para-hydroxylation sites is 1. The van der Waals surface area contributed by atoms with E-state index >= 15 is 0 Å². The van der Waals surface area contributed by atoms with Crippen molar-refractivity contribution in [3.63, 3.8) is 0 Å². The van der Waals surface area contributed by atoms with Crippen LogP contribution in [0.15, 0.2) is 30.3 Å². The molecule has 0 unspecified atom stereocenters. The van der Waals surface area contributed by atoms with E-state index in [9.17, 15) is 9.59 Å². The molecule has 1 saturated heterocycles. The van der Waals surface area contributed by atoms with E-state index in [-0.39, 0.29) is 5.91 Å². The van der Waals surface area contributed by atoms with Gasteiger partial charge in [-0.15, -0.1) is 0 Å². The zero-order valence-electron chi connectivity index (χ0n) is 14.2. The van der Waals surface area contributed by atoms with E-state index in [0.29, 0.717) is 26.1 Å². The molecule has 1 aliphatic heterocycles. The van der Waals surface area contributed by atoms with Gasteiger partial charge < -0.3 is 20.1 Å². The lowest BCUT2D eigenvalue weighted by atomic mass is 10.1. The molecule has 1 fully saturated rings. The van der Waals surface area contributed by atoms with Gasteiger partial charge in [0.05, 0.1) is 0 Å². The Labute approximate surface area is 141 Å². The first-order chi connectivity index (χ1) is 11.5. The van der Waals surface area contributed by atoms with Crippen LogP contribution in [0.1, 0.15) is 12.1 Å². The Morgan fingerprint density at radius 3 is 2.75 bits per heavy atom. The number of fused-ring (bicyclic) bond motifs is 1. The van der Waals surface area contributed by atoms with Gasteiger partial charge in [-0.3, -0.25) is 9.59 Å². The molecule has 6 heteroatoms. The van der Waals surface area contributed by atoms with Gasteiger partial charge in [0.2, 0.25) is 11.8 Å². The highest BCUT2D eigenvalue weighted by Crippen LogP contribution is 2.20. The van der Waals surface area contributed by atoms with Crippen molar-refractivity contribution in [1.82, 2.24) is 14.4 Å². The fraction of sp³-hybridized carbons (Fsp3) is 0.444. The Morgan fingerprint density at radius 1 is 1.25 bits per heavy atom. The Hall–Kier alpha value is -2.34. The zero-order valence-corrected chi connectivity index (χ0v) is 14.2. The van der Waals surface area contributed by atoms with Crippen molar-refractivity contribution in [2.24, 2.45) is 5.73 Å². The Balaban J connectivity index is 1.72. The van der Waals surface area contributed by atoms with Gasteiger partial charge in [-0.05, 0) is 31.5 Å². The number of carbonyl (C=O) groups excluding carboxylic acids is 2. The molecule has 0 spiro atoms. The summed E-state index contributed by atoms with van der Waals surface area (Å²) >= 11 is 0. The number of primary amides is 1. The van der Waals surface area contributed by atoms with Crippen LogP contribution in [0.5, 0.6) is 0 Å². The molecule has 1 aromatic heterocycles. The molecular formula is C18H24N4O2. The van der Waals surface area contributed by atoms with Crippen LogP contribution in [0.4, 0.5) is 0 Å². The monoisotopic (exact) mass is 328 g/mol. The summed E-state index contributed by atoms with van der Waals surface area (Å²) in [6.45, 7) is 4.48. The first kappa shape index (κ1) is 16.5. The molecule has 3 rings (SSSR count). The van der Waals surface area contributed by atoms with Crippen molar-refractivity contribution in [3.05, 3.63) is 36.0 Å². The number of hydrogen-bond donors (Lipinski definition) is 1. The minimum Gasteiger partial charge on any atom is -0.368 e. The summed E-state index contributed by atoms with van der Waals surface area (Å²) < 4.78 is 2.16. The maximum absolute atomic E-state index is 12.6. The summed E-state index contributed by atoms with van der Waals surface area (Å²) in [7, 11) is 1.94. The third-order valence-corrected chi connectivity index (χ3v) is 4.80. The van der Waals surface area contributed by atoms with Gasteiger partial charge >= 0.3 is 0 Å². The molecule has 1 aromatic carbocycles. The van der Waals surface area contributed by atoms with E-state index in [2.05, 4.69) is 22.8 Å². The number of rotatable bonds is 4. The van der Waals surface area contributed by atoms with Crippen LogP contribution in [0.25, 0.3) is 10.9 Å². The highest BCUT2D eigenvalue weighted by Gasteiger charge is 2.32. The van der Waals surface area contributed by atoms with Crippen LogP contribution < -0.4 is 5.73 Å². The molecule has 2 N–H and O–H groups in total. The van der Waals surface area contributed by atoms with Gasteiger partial charge in [0.1, 0.15) is 6.04 Å². The molecule has 2 amide bonds. The lowest BCUT2D eigenvalue weighted by Crippen LogP contribution is -2.59. The van der Waals surface area contributed by atoms with E-state index in [1.165, 1.54) is 5.39 Å². The highest BCUT2D eigenvalue weighted by atomic mass is 16.2. The summed E-state index contributed by atoms with van der Waals surface area (Å²) in [5, 5.41) is 1.18. The largest absolute Gasteiger partial charge is 0.368 e. The molecule has 1 atom stereocenters. The third kappa shape index (κ3) is 3.14. The molecule has 0 radical (unpaired) electrons. The maximum atomic E-state index is 12.6. The van der Waals surface area contributed by atoms with Crippen molar-refractivity contribution in [2.45, 2.75) is 25.9 Å². The average Bonchev–Trinajstić information content (AvgIpc) is 2.87. The van der Waals surface area contributed by atoms with E-state index in [1.807, 2.05) is 31.0 Å². The van der Waals surface area contributed by atoms with E-state index < -0.39 is 11.9 Å². The number of amides is 2. The molecule has 1 aliphatic rings. The Kier molecular flexibility index (Phi) is 4.57. The Morgan fingerprint density at radius 2 is 2.00 bits per heavy atom. The van der Waals surface area contributed by atoms with Crippen LogP contribution in [-0.2, 0) is 16.1 Å². The minimum atomic E-state index is -0.529. The summed E-state index contributed by atoms with van der Waals surface area (Å²) in [5.74, 6) is -0.443. The number of hydrogen-bond acceptors (Lipinski definition) is 3. The summed E-state index contributed by atoms with van der Waals surface area (Å²) in [5.41, 5.74) is 7.75. The van der Waals surface area contributed by atoms with Crippen LogP contribution in [0, 0.1) is 6.92 Å². The highest BCUT2D eigenvalue weighted by molar-refractivity contribution is 5.87. The smallest absolute Gasteiger partial charge is 0.241 e. The standard InChI is InChI=1S/C18H24N4O2/c1-13-11-14-5-3-4-6-15(14)21(13)8-7-17(23)22-10-9-20(2)12-16(22)18(19)24/h3-6,11,16H,7-10,12H2,1-2H3,(H2,19,24)/t16-/m0/s1. The van der Waals surface area contributed by atoms with Crippen LogP contribution in [0.2, 0.25) is 0 Å². The lowest BCUT2D eigenvalue weighted by Gasteiger charge is -2.38. The summed E-state index contributed by atoms with van der Waals surface area (Å²) in [6.07, 6.45) is 0.368. The molecule has 128 valence electrons. The first-order valence-corrected chi connectivity index (χ1v) is 8.29. The number of nitrogens with two attached hydrogens (primary N) is 1. The molecular weight excluding hydrogens is 304 g/mol. The minimum absolute atomic E-state index is 0.0101. The molecule has 2 aromatic rings. The normalized spacial score (nSPS) is 18.9. The second kappa shape index (κ2) is 6.65. The summed E-state index contributed by atoms with van der Waals surface area (Å²) in [4.78, 5) is 28.0. The number of aromatic nitrogens is 1. The van der Waals surface area contributed by atoms with Crippen molar-refractivity contribution < 1.29 is 9.59 Å². The maximum Gasteiger partial charge on any atom is 0.241 e. The molecule has 0 saturated carbocycles. The number of benzene rings is 1. The van der Waals surface area contributed by atoms with E-state index in [0.717, 1.165) is 17.8 Å². The molecule has 24 heavy (non-hydrogen) atoms. The van der Waals surface area contributed by atoms with Gasteiger partial charge in [0.25, 0.3) is 0 Å². The Bertz CT molecular complexity index is 767. The molecule has 0 aliphatic carbocycles. The predicted molar refractivity (Wildman–Crippen MR) is 93.5 cm³/mol. The van der Waals surface area contributed by atoms with Gasteiger partial charge in [-0.25, -0.2) is 0 Å². The lowest BCUT2D eigenvalue weighted by molar-refractivity contribution is -0.142. The van der Waals surface area contributed by atoms with Crippen molar-refractivity contribution >= 4 is 22.7 Å². The third-order valence-electron chi connectivity index (χ3n) is 4.80. The molecule has 2 heterocycles. The second-order valence-corrected chi connectivity index (χ2v) is 6.51. The van der Waals surface area contributed by atoms with Crippen LogP contribution >= 0.6 is 0 Å². The molecule has 6 nitrogen and oxygen atoms in total. The van der Waals surface area contributed by atoms with E-state index in [1.54, 1.807) is 4.90 Å². The fourth-order valence-electron chi connectivity index (χ4n) is 3.46. The average molecular weight is 328 g/mol. The zero-order chi connectivity index (χ0) is 17.3. The van der Waals surface area contributed by atoms with Crippen LogP contribution in [-0.4, -0.2) is 58.9 Å². The number of aryl methyl sites for hydroxylation is 2. The van der Waals surface area contributed by atoms with Gasteiger partial charge in [-0.2, -0.15) is 0 Å². The quantitative estimate of drug-likeness (QED) is 0.909.